The molecule has 0 aliphatic heterocycles. The van der Waals surface area contributed by atoms with Gasteiger partial charge in [0.05, 0.1) is 6.61 Å². The lowest BCUT2D eigenvalue weighted by Crippen LogP contribution is -2.21. The van der Waals surface area contributed by atoms with E-state index >= 15 is 0 Å². The maximum Gasteiger partial charge on any atom is 0.305 e. The van der Waals surface area contributed by atoms with Crippen LogP contribution in [0, 0.1) is 0 Å². The molecule has 0 aromatic heterocycles. The number of esters is 1. The standard InChI is InChI=1S/C21H42O4.2C18H36O2/c1-2-3-4-5-6-7-8-9-10-11-12-13-14-15-16-17-21(24)25-19-20(23)18-22;2*1-2-3-4-5-6-7-8-9-10-11-12-13-14-15-16-17-18(19)20/h20,22-23H,2-19H2,1H3;2*2-17H2,1H3,(H,19,20)/p-2. The first-order chi connectivity index (χ1) is 31.7. The topological polar surface area (TPSA) is 147 Å². The van der Waals surface area contributed by atoms with Gasteiger partial charge in [-0.05, 0) is 32.1 Å². The Bertz CT molecular complexity index is 867. The quantitative estimate of drug-likeness (QED) is 0.0453. The van der Waals surface area contributed by atoms with Crippen molar-refractivity contribution < 1.29 is 39.5 Å². The van der Waals surface area contributed by atoms with Crippen molar-refractivity contribution in [2.24, 2.45) is 0 Å². The summed E-state index contributed by atoms with van der Waals surface area (Å²) in [7, 11) is 0. The number of hydrogen-bond donors (Lipinski definition) is 2. The van der Waals surface area contributed by atoms with Crippen LogP contribution in [0.3, 0.4) is 0 Å². The van der Waals surface area contributed by atoms with Crippen molar-refractivity contribution in [1.29, 1.82) is 0 Å². The van der Waals surface area contributed by atoms with Crippen LogP contribution in [0.4, 0.5) is 0 Å². The van der Waals surface area contributed by atoms with Crippen LogP contribution in [0.25, 0.3) is 0 Å². The summed E-state index contributed by atoms with van der Waals surface area (Å²) in [6.45, 7) is 6.33. The average molecular weight is 926 g/mol. The monoisotopic (exact) mass is 925 g/mol. The number of carbonyl (C=O) groups is 3. The molecule has 0 rings (SSSR count). The maximum atomic E-state index is 11.4. The minimum absolute atomic E-state index is 0.103. The summed E-state index contributed by atoms with van der Waals surface area (Å²) in [6, 6.07) is 0. The van der Waals surface area contributed by atoms with E-state index in [9.17, 15) is 24.6 Å². The van der Waals surface area contributed by atoms with Gasteiger partial charge < -0.3 is 34.8 Å². The summed E-state index contributed by atoms with van der Waals surface area (Å²) in [5, 5.41) is 38.2. The summed E-state index contributed by atoms with van der Waals surface area (Å²) >= 11 is 0. The van der Waals surface area contributed by atoms with E-state index in [1.165, 1.54) is 250 Å². The number of aliphatic carboxylic acids is 2. The van der Waals surface area contributed by atoms with Crippen LogP contribution in [0.5, 0.6) is 0 Å². The Morgan fingerprint density at radius 3 is 0.708 bits per heavy atom. The summed E-state index contributed by atoms with van der Waals surface area (Å²) in [4.78, 5) is 31.8. The summed E-state index contributed by atoms with van der Waals surface area (Å²) in [6.07, 6.45) is 58.7. The van der Waals surface area contributed by atoms with Gasteiger partial charge in [-0.15, -0.1) is 0 Å². The number of hydrogen-bond acceptors (Lipinski definition) is 8. The highest BCUT2D eigenvalue weighted by Crippen LogP contribution is 2.17. The lowest BCUT2D eigenvalue weighted by Gasteiger charge is -2.08. The molecule has 8 nitrogen and oxygen atoms in total. The van der Waals surface area contributed by atoms with Crippen molar-refractivity contribution in [1.82, 2.24) is 0 Å². The Kier molecular flexibility index (Phi) is 64.8. The predicted octanol–water partition coefficient (Wildman–Crippen LogP) is 15.1. The Labute approximate surface area is 404 Å². The van der Waals surface area contributed by atoms with Gasteiger partial charge in [0.2, 0.25) is 0 Å². The van der Waals surface area contributed by atoms with Gasteiger partial charge in [-0.1, -0.05) is 290 Å². The number of ether oxygens (including phenoxy) is 1. The van der Waals surface area contributed by atoms with Gasteiger partial charge in [0.25, 0.3) is 0 Å². The van der Waals surface area contributed by atoms with Gasteiger partial charge in [0.1, 0.15) is 12.7 Å². The molecule has 390 valence electrons. The van der Waals surface area contributed by atoms with Gasteiger partial charge in [-0.2, -0.15) is 0 Å². The Hall–Kier alpha value is -1.67. The number of carboxylic acids is 2. The number of rotatable bonds is 51. The van der Waals surface area contributed by atoms with E-state index in [4.69, 9.17) is 14.9 Å². The first-order valence-corrected chi connectivity index (χ1v) is 28.6. The van der Waals surface area contributed by atoms with E-state index in [2.05, 4.69) is 20.8 Å². The molecule has 65 heavy (non-hydrogen) atoms. The van der Waals surface area contributed by atoms with Crippen LogP contribution in [0.1, 0.15) is 329 Å². The second kappa shape index (κ2) is 62.3. The van der Waals surface area contributed by atoms with Gasteiger partial charge in [-0.3, -0.25) is 4.79 Å². The molecular weight excluding hydrogens is 813 g/mol. The molecule has 0 spiro atoms. The molecule has 2 N–H and O–H groups in total. The van der Waals surface area contributed by atoms with Crippen LogP contribution in [-0.2, 0) is 19.1 Å². The highest BCUT2D eigenvalue weighted by molar-refractivity contribution is 5.69. The number of aliphatic hydroxyl groups is 2. The summed E-state index contributed by atoms with van der Waals surface area (Å²) in [5.41, 5.74) is 0. The minimum atomic E-state index is -0.954. The molecule has 1 atom stereocenters. The molecule has 0 bridgehead atoms. The molecule has 1 unspecified atom stereocenters. The highest BCUT2D eigenvalue weighted by atomic mass is 16.5. The molecule has 8 heteroatoms. The number of unbranched alkanes of at least 4 members (excludes halogenated alkanes) is 42. The molecule has 0 amide bonds. The van der Waals surface area contributed by atoms with E-state index in [-0.39, 0.29) is 32.0 Å². The lowest BCUT2D eigenvalue weighted by molar-refractivity contribution is -0.307. The van der Waals surface area contributed by atoms with Crippen molar-refractivity contribution in [3.8, 4) is 0 Å². The van der Waals surface area contributed by atoms with E-state index in [0.717, 1.165) is 38.5 Å². The third kappa shape index (κ3) is 71.5. The van der Waals surface area contributed by atoms with E-state index in [0.29, 0.717) is 6.42 Å². The molecule has 0 heterocycles. The Morgan fingerprint density at radius 2 is 0.523 bits per heavy atom. The highest BCUT2D eigenvalue weighted by Gasteiger charge is 2.07. The fourth-order valence-electron chi connectivity index (χ4n) is 8.24. The molecule has 0 aromatic carbocycles. The molecule has 0 aliphatic rings. The molecule has 0 aromatic rings. The Morgan fingerprint density at radius 1 is 0.338 bits per heavy atom. The lowest BCUT2D eigenvalue weighted by atomic mass is 10.0. The molecule has 0 saturated heterocycles. The van der Waals surface area contributed by atoms with Gasteiger partial charge in [0, 0.05) is 18.4 Å². The van der Waals surface area contributed by atoms with Gasteiger partial charge in [-0.25, -0.2) is 0 Å². The minimum Gasteiger partial charge on any atom is -0.550 e. The normalized spacial score (nSPS) is 11.4. The zero-order chi connectivity index (χ0) is 48.4. The first-order valence-electron chi connectivity index (χ1n) is 28.6. The van der Waals surface area contributed by atoms with Crippen LogP contribution in [0.15, 0.2) is 0 Å². The zero-order valence-corrected chi connectivity index (χ0v) is 43.8. The third-order valence-corrected chi connectivity index (χ3v) is 12.6. The summed E-state index contributed by atoms with van der Waals surface area (Å²) in [5.74, 6) is -2.08. The van der Waals surface area contributed by atoms with Crippen molar-refractivity contribution in [2.45, 2.75) is 335 Å². The SMILES string of the molecule is CCCCCCCCCCCCCCCCCC(=O)OCC(O)CO.CCCCCCCCCCCCCCCCCC(=O)[O-].CCCCCCCCCCCCCCCCCC(=O)[O-]. The fourth-order valence-corrected chi connectivity index (χ4v) is 8.24. The van der Waals surface area contributed by atoms with Gasteiger partial charge >= 0.3 is 5.97 Å². The molecule has 0 radical (unpaired) electrons. The first kappa shape index (κ1) is 67.6. The molecule has 0 aliphatic carbocycles. The van der Waals surface area contributed by atoms with Crippen LogP contribution >= 0.6 is 0 Å². The van der Waals surface area contributed by atoms with Crippen molar-refractivity contribution in [3.05, 3.63) is 0 Å². The van der Waals surface area contributed by atoms with Crippen LogP contribution in [0.2, 0.25) is 0 Å². The van der Waals surface area contributed by atoms with Crippen molar-refractivity contribution in [2.75, 3.05) is 13.2 Å². The second-order valence-electron chi connectivity index (χ2n) is 19.4. The van der Waals surface area contributed by atoms with Crippen molar-refractivity contribution >= 4 is 17.9 Å². The largest absolute Gasteiger partial charge is 0.550 e. The smallest absolute Gasteiger partial charge is 0.305 e. The van der Waals surface area contributed by atoms with E-state index in [1.807, 2.05) is 0 Å². The van der Waals surface area contributed by atoms with E-state index in [1.54, 1.807) is 0 Å². The Balaban J connectivity index is -0.000000896. The fraction of sp³-hybridized carbons (Fsp3) is 0.947. The predicted molar refractivity (Wildman–Crippen MR) is 273 cm³/mol. The number of aliphatic hydroxyl groups excluding tert-OH is 2. The molecular formula is C57H112O8-2. The molecule has 0 saturated carbocycles. The van der Waals surface area contributed by atoms with Crippen LogP contribution in [-0.4, -0.2) is 47.4 Å². The molecule has 0 fully saturated rings. The number of carboxylic acid groups (broad SMARTS) is 2. The zero-order valence-electron chi connectivity index (χ0n) is 43.8. The maximum absolute atomic E-state index is 11.4. The number of carbonyl (C=O) groups excluding carboxylic acids is 3. The van der Waals surface area contributed by atoms with Crippen LogP contribution < -0.4 is 10.2 Å². The van der Waals surface area contributed by atoms with E-state index < -0.39 is 18.0 Å². The second-order valence-corrected chi connectivity index (χ2v) is 19.4. The summed E-state index contributed by atoms with van der Waals surface area (Å²) < 4.78 is 4.86. The van der Waals surface area contributed by atoms with Gasteiger partial charge in [0.15, 0.2) is 0 Å². The average Bonchev–Trinajstić information content (AvgIpc) is 3.29. The third-order valence-electron chi connectivity index (χ3n) is 12.6. The van der Waals surface area contributed by atoms with Crippen molar-refractivity contribution in [3.63, 3.8) is 0 Å².